The molecule has 0 radical (unpaired) electrons. The lowest BCUT2D eigenvalue weighted by Crippen LogP contribution is -2.31. The van der Waals surface area contributed by atoms with E-state index >= 15 is 0 Å². The number of hydrogen-bond acceptors (Lipinski definition) is 2. The molecule has 1 saturated heterocycles. The summed E-state index contributed by atoms with van der Waals surface area (Å²) in [5.41, 5.74) is 0.338. The van der Waals surface area contributed by atoms with Gasteiger partial charge in [0.25, 0.3) is 0 Å². The molecule has 1 heterocycles. The van der Waals surface area contributed by atoms with E-state index in [4.69, 9.17) is 4.74 Å². The first-order valence-electron chi connectivity index (χ1n) is 5.94. The fraction of sp³-hybridized carbons (Fsp3) is 0.538. The van der Waals surface area contributed by atoms with E-state index < -0.39 is 11.6 Å². The van der Waals surface area contributed by atoms with Gasteiger partial charge in [-0.05, 0) is 26.0 Å². The Bertz CT molecular complexity index is 382. The smallest absolute Gasteiger partial charge is 0.164 e. The molecule has 0 aromatic heterocycles. The van der Waals surface area contributed by atoms with Gasteiger partial charge in [-0.25, -0.2) is 8.78 Å². The SMILES string of the molecule is CNCC1CCCOC1c1cccc(F)c1F. The highest BCUT2D eigenvalue weighted by Crippen LogP contribution is 2.34. The molecule has 4 heteroatoms. The third-order valence-corrected chi connectivity index (χ3v) is 3.20. The molecule has 1 N–H and O–H groups in total. The molecule has 1 fully saturated rings. The third kappa shape index (κ3) is 2.64. The van der Waals surface area contributed by atoms with Gasteiger partial charge in [-0.3, -0.25) is 0 Å². The van der Waals surface area contributed by atoms with Gasteiger partial charge in [-0.15, -0.1) is 0 Å². The van der Waals surface area contributed by atoms with Crippen molar-refractivity contribution >= 4 is 0 Å². The van der Waals surface area contributed by atoms with E-state index in [-0.39, 0.29) is 12.0 Å². The maximum absolute atomic E-state index is 13.7. The minimum Gasteiger partial charge on any atom is -0.373 e. The third-order valence-electron chi connectivity index (χ3n) is 3.20. The van der Waals surface area contributed by atoms with E-state index in [2.05, 4.69) is 5.32 Å². The molecule has 1 aromatic carbocycles. The largest absolute Gasteiger partial charge is 0.373 e. The minimum absolute atomic E-state index is 0.199. The van der Waals surface area contributed by atoms with Crippen LogP contribution in [0.1, 0.15) is 24.5 Å². The van der Waals surface area contributed by atoms with Crippen LogP contribution >= 0.6 is 0 Å². The van der Waals surface area contributed by atoms with Gasteiger partial charge in [0.05, 0.1) is 6.10 Å². The van der Waals surface area contributed by atoms with E-state index in [0.717, 1.165) is 25.5 Å². The topological polar surface area (TPSA) is 21.3 Å². The van der Waals surface area contributed by atoms with Gasteiger partial charge in [-0.2, -0.15) is 0 Å². The van der Waals surface area contributed by atoms with E-state index in [1.54, 1.807) is 6.07 Å². The minimum atomic E-state index is -0.806. The highest BCUT2D eigenvalue weighted by Gasteiger charge is 2.29. The lowest BCUT2D eigenvalue weighted by Gasteiger charge is -2.32. The molecule has 17 heavy (non-hydrogen) atoms. The first kappa shape index (κ1) is 12.5. The molecule has 0 saturated carbocycles. The van der Waals surface area contributed by atoms with E-state index in [1.807, 2.05) is 7.05 Å². The molecule has 2 nitrogen and oxygen atoms in total. The molecule has 2 unspecified atom stereocenters. The van der Waals surface area contributed by atoms with Crippen LogP contribution in [0.2, 0.25) is 0 Å². The molecule has 94 valence electrons. The lowest BCUT2D eigenvalue weighted by molar-refractivity contribution is -0.0294. The van der Waals surface area contributed by atoms with Crippen molar-refractivity contribution in [2.45, 2.75) is 18.9 Å². The van der Waals surface area contributed by atoms with Crippen LogP contribution < -0.4 is 5.32 Å². The Hall–Kier alpha value is -1.00. The molecule has 1 aromatic rings. The molecule has 2 rings (SSSR count). The molecule has 0 amide bonds. The van der Waals surface area contributed by atoms with Crippen molar-refractivity contribution in [1.29, 1.82) is 0 Å². The second-order valence-corrected chi connectivity index (χ2v) is 4.39. The summed E-state index contributed by atoms with van der Waals surface area (Å²) in [5.74, 6) is -1.38. The summed E-state index contributed by atoms with van der Waals surface area (Å²) < 4.78 is 32.5. The summed E-state index contributed by atoms with van der Waals surface area (Å²) in [5, 5.41) is 3.08. The normalized spacial score (nSPS) is 24.9. The van der Waals surface area contributed by atoms with Crippen molar-refractivity contribution in [2.24, 2.45) is 5.92 Å². The van der Waals surface area contributed by atoms with E-state index in [0.29, 0.717) is 12.2 Å². The first-order chi connectivity index (χ1) is 8.24. The van der Waals surface area contributed by atoms with Crippen molar-refractivity contribution in [3.8, 4) is 0 Å². The standard InChI is InChI=1S/C13H17F2NO/c1-16-8-9-4-3-7-17-13(9)10-5-2-6-11(14)12(10)15/h2,5-6,9,13,16H,3-4,7-8H2,1H3. The summed E-state index contributed by atoms with van der Waals surface area (Å²) >= 11 is 0. The van der Waals surface area contributed by atoms with Crippen LogP contribution in [0.15, 0.2) is 18.2 Å². The molecule has 1 aliphatic heterocycles. The number of hydrogen-bond donors (Lipinski definition) is 1. The fourth-order valence-electron chi connectivity index (χ4n) is 2.40. The van der Waals surface area contributed by atoms with Crippen molar-refractivity contribution in [3.05, 3.63) is 35.4 Å². The Morgan fingerprint density at radius 2 is 2.24 bits per heavy atom. The molecule has 1 aliphatic rings. The number of rotatable bonds is 3. The predicted octanol–water partition coefficient (Wildman–Crippen LogP) is 2.65. The second kappa shape index (κ2) is 5.56. The highest BCUT2D eigenvalue weighted by molar-refractivity contribution is 5.22. The van der Waals surface area contributed by atoms with Crippen LogP contribution in [0.25, 0.3) is 0 Å². The molecular weight excluding hydrogens is 224 g/mol. The van der Waals surface area contributed by atoms with Gasteiger partial charge in [-0.1, -0.05) is 12.1 Å². The van der Waals surface area contributed by atoms with Gasteiger partial charge >= 0.3 is 0 Å². The van der Waals surface area contributed by atoms with Crippen molar-refractivity contribution < 1.29 is 13.5 Å². The van der Waals surface area contributed by atoms with Crippen LogP contribution in [0.5, 0.6) is 0 Å². The molecule has 2 atom stereocenters. The summed E-state index contributed by atoms with van der Waals surface area (Å²) in [6.45, 7) is 1.36. The van der Waals surface area contributed by atoms with Crippen molar-refractivity contribution in [1.82, 2.24) is 5.32 Å². The maximum Gasteiger partial charge on any atom is 0.164 e. The van der Waals surface area contributed by atoms with Crippen molar-refractivity contribution in [2.75, 3.05) is 20.2 Å². The van der Waals surface area contributed by atoms with E-state index in [1.165, 1.54) is 6.07 Å². The zero-order chi connectivity index (χ0) is 12.3. The maximum atomic E-state index is 13.7. The fourth-order valence-corrected chi connectivity index (χ4v) is 2.40. The van der Waals surface area contributed by atoms with Crippen LogP contribution in [0.3, 0.4) is 0 Å². The zero-order valence-electron chi connectivity index (χ0n) is 9.88. The average molecular weight is 241 g/mol. The summed E-state index contributed by atoms with van der Waals surface area (Å²) in [6, 6.07) is 4.27. The molecule has 0 spiro atoms. The Morgan fingerprint density at radius 3 is 3.00 bits per heavy atom. The molecule has 0 aliphatic carbocycles. The predicted molar refractivity (Wildman–Crippen MR) is 61.7 cm³/mol. The average Bonchev–Trinajstić information content (AvgIpc) is 2.34. The van der Waals surface area contributed by atoms with Crippen LogP contribution in [0.4, 0.5) is 8.78 Å². The summed E-state index contributed by atoms with van der Waals surface area (Å²) in [4.78, 5) is 0. The molecular formula is C13H17F2NO. The van der Waals surface area contributed by atoms with Crippen LogP contribution in [-0.4, -0.2) is 20.2 Å². The Kier molecular flexibility index (Phi) is 4.07. The highest BCUT2D eigenvalue weighted by atomic mass is 19.2. The van der Waals surface area contributed by atoms with Gasteiger partial charge in [0.15, 0.2) is 11.6 Å². The summed E-state index contributed by atoms with van der Waals surface area (Å²) in [7, 11) is 1.85. The Balaban J connectivity index is 2.26. The first-order valence-corrected chi connectivity index (χ1v) is 5.94. The van der Waals surface area contributed by atoms with Crippen LogP contribution in [0, 0.1) is 17.6 Å². The van der Waals surface area contributed by atoms with E-state index in [9.17, 15) is 8.78 Å². The Morgan fingerprint density at radius 1 is 1.41 bits per heavy atom. The number of halogens is 2. The Labute approximate surface area is 100.0 Å². The quantitative estimate of drug-likeness (QED) is 0.878. The number of benzene rings is 1. The van der Waals surface area contributed by atoms with Crippen LogP contribution in [-0.2, 0) is 4.74 Å². The zero-order valence-corrected chi connectivity index (χ0v) is 9.88. The molecule has 0 bridgehead atoms. The van der Waals surface area contributed by atoms with Gasteiger partial charge in [0.1, 0.15) is 0 Å². The number of ether oxygens (including phenoxy) is 1. The second-order valence-electron chi connectivity index (χ2n) is 4.39. The lowest BCUT2D eigenvalue weighted by atomic mass is 9.89. The van der Waals surface area contributed by atoms with Gasteiger partial charge in [0, 0.05) is 24.6 Å². The monoisotopic (exact) mass is 241 g/mol. The van der Waals surface area contributed by atoms with Gasteiger partial charge < -0.3 is 10.1 Å². The van der Waals surface area contributed by atoms with Crippen molar-refractivity contribution in [3.63, 3.8) is 0 Å². The summed E-state index contributed by atoms with van der Waals surface area (Å²) in [6.07, 6.45) is 1.60. The van der Waals surface area contributed by atoms with Gasteiger partial charge in [0.2, 0.25) is 0 Å². The number of nitrogens with one attached hydrogen (secondary N) is 1.